The van der Waals surface area contributed by atoms with Gasteiger partial charge < -0.3 is 15.2 Å². The largest absolute Gasteiger partial charge is 0.493 e. The van der Waals surface area contributed by atoms with Gasteiger partial charge in [-0.1, -0.05) is 12.1 Å². The Hall–Kier alpha value is -1.55. The quantitative estimate of drug-likeness (QED) is 0.837. The molecule has 4 heteroatoms. The first kappa shape index (κ1) is 14.9. The predicted octanol–water partition coefficient (Wildman–Crippen LogP) is 2.10. The van der Waals surface area contributed by atoms with Crippen LogP contribution in [0.3, 0.4) is 0 Å². The number of hydrogen-bond donors (Lipinski definition) is 2. The Morgan fingerprint density at radius 2 is 2.15 bits per heavy atom. The van der Waals surface area contributed by atoms with E-state index in [1.807, 2.05) is 32.0 Å². The summed E-state index contributed by atoms with van der Waals surface area (Å²) >= 11 is 0. The van der Waals surface area contributed by atoms with Gasteiger partial charge in [0.1, 0.15) is 5.75 Å². The molecule has 1 aromatic carbocycles. The molecule has 0 spiro atoms. The van der Waals surface area contributed by atoms with Crippen LogP contribution in [0.25, 0.3) is 0 Å². The summed E-state index contributed by atoms with van der Waals surface area (Å²) in [5.74, 6) is 0.756. The van der Waals surface area contributed by atoms with E-state index in [4.69, 9.17) is 4.74 Å². The first-order valence-corrected chi connectivity index (χ1v) is 7.18. The fraction of sp³-hybridized carbons (Fsp3) is 0.562. The highest BCUT2D eigenvalue weighted by Crippen LogP contribution is 2.30. The number of amides is 1. The van der Waals surface area contributed by atoms with Gasteiger partial charge in [0.15, 0.2) is 0 Å². The van der Waals surface area contributed by atoms with E-state index in [1.54, 1.807) is 0 Å². The Kier molecular flexibility index (Phi) is 4.65. The Labute approximate surface area is 120 Å². The summed E-state index contributed by atoms with van der Waals surface area (Å²) in [4.78, 5) is 11.7. The molecule has 0 aromatic heterocycles. The molecule has 0 heterocycles. The maximum Gasteiger partial charge on any atom is 0.223 e. The molecule has 0 atom stereocenters. The van der Waals surface area contributed by atoms with Gasteiger partial charge in [0, 0.05) is 6.54 Å². The maximum absolute atomic E-state index is 11.7. The van der Waals surface area contributed by atoms with Crippen molar-refractivity contribution in [3.05, 3.63) is 29.3 Å². The fourth-order valence-electron chi connectivity index (χ4n) is 2.25. The van der Waals surface area contributed by atoms with Crippen molar-refractivity contribution < 1.29 is 14.6 Å². The van der Waals surface area contributed by atoms with Crippen molar-refractivity contribution in [3.8, 4) is 5.75 Å². The molecule has 20 heavy (non-hydrogen) atoms. The lowest BCUT2D eigenvalue weighted by molar-refractivity contribution is -0.124. The molecule has 1 saturated carbocycles. The van der Waals surface area contributed by atoms with Crippen LogP contribution in [0.4, 0.5) is 0 Å². The van der Waals surface area contributed by atoms with Crippen LogP contribution < -0.4 is 10.1 Å². The van der Waals surface area contributed by atoms with Crippen LogP contribution in [0.2, 0.25) is 0 Å². The topological polar surface area (TPSA) is 58.6 Å². The van der Waals surface area contributed by atoms with Crippen molar-refractivity contribution in [2.24, 2.45) is 0 Å². The summed E-state index contributed by atoms with van der Waals surface area (Å²) in [6.45, 7) is 4.76. The average molecular weight is 277 g/mol. The van der Waals surface area contributed by atoms with Crippen LogP contribution in [0, 0.1) is 13.8 Å². The number of benzene rings is 1. The highest BCUT2D eigenvalue weighted by atomic mass is 16.5. The number of rotatable bonds is 6. The lowest BCUT2D eigenvalue weighted by atomic mass is 9.80. The molecule has 1 amide bonds. The van der Waals surface area contributed by atoms with E-state index in [0.29, 0.717) is 19.6 Å². The molecule has 1 aromatic rings. The monoisotopic (exact) mass is 277 g/mol. The average Bonchev–Trinajstić information content (AvgIpc) is 2.39. The van der Waals surface area contributed by atoms with Crippen LogP contribution in [0.1, 0.15) is 36.8 Å². The van der Waals surface area contributed by atoms with Crippen LogP contribution >= 0.6 is 0 Å². The van der Waals surface area contributed by atoms with Gasteiger partial charge in [0.05, 0.1) is 18.6 Å². The van der Waals surface area contributed by atoms with E-state index in [2.05, 4.69) is 5.32 Å². The van der Waals surface area contributed by atoms with Crippen molar-refractivity contribution >= 4 is 5.91 Å². The molecule has 0 radical (unpaired) electrons. The summed E-state index contributed by atoms with van der Waals surface area (Å²) in [7, 11) is 0. The zero-order chi connectivity index (χ0) is 14.6. The third-order valence-corrected chi connectivity index (χ3v) is 4.04. The third kappa shape index (κ3) is 3.73. The number of hydrogen-bond acceptors (Lipinski definition) is 3. The number of carbonyl (C=O) groups excluding carboxylic acids is 1. The third-order valence-electron chi connectivity index (χ3n) is 4.04. The van der Waals surface area contributed by atoms with Crippen LogP contribution in [-0.2, 0) is 4.79 Å². The second kappa shape index (κ2) is 6.27. The Balaban J connectivity index is 1.70. The van der Waals surface area contributed by atoms with Gasteiger partial charge in [-0.25, -0.2) is 0 Å². The molecular weight excluding hydrogens is 254 g/mol. The smallest absolute Gasteiger partial charge is 0.223 e. The van der Waals surface area contributed by atoms with Gasteiger partial charge in [-0.15, -0.1) is 0 Å². The summed E-state index contributed by atoms with van der Waals surface area (Å²) in [6.07, 6.45) is 2.92. The lowest BCUT2D eigenvalue weighted by Gasteiger charge is -2.36. The van der Waals surface area contributed by atoms with Crippen molar-refractivity contribution in [3.63, 3.8) is 0 Å². The minimum Gasteiger partial charge on any atom is -0.493 e. The highest BCUT2D eigenvalue weighted by molar-refractivity contribution is 5.76. The summed E-state index contributed by atoms with van der Waals surface area (Å²) in [6, 6.07) is 5.90. The number of ether oxygens (including phenoxy) is 1. The normalized spacial score (nSPS) is 16.4. The molecule has 1 aliphatic carbocycles. The first-order valence-electron chi connectivity index (χ1n) is 7.18. The number of carbonyl (C=O) groups is 1. The Bertz CT molecular complexity index is 481. The number of aryl methyl sites for hydroxylation is 1. The minimum atomic E-state index is -0.663. The maximum atomic E-state index is 11.7. The molecule has 0 saturated heterocycles. The van der Waals surface area contributed by atoms with Gasteiger partial charge in [-0.3, -0.25) is 4.79 Å². The molecular formula is C16H23NO3. The number of nitrogens with one attached hydrogen (secondary N) is 1. The zero-order valence-corrected chi connectivity index (χ0v) is 12.2. The van der Waals surface area contributed by atoms with E-state index in [9.17, 15) is 9.90 Å². The summed E-state index contributed by atoms with van der Waals surface area (Å²) < 4.78 is 5.64. The molecule has 110 valence electrons. The van der Waals surface area contributed by atoms with Gasteiger partial charge in [0.2, 0.25) is 5.91 Å². The molecule has 4 nitrogen and oxygen atoms in total. The molecule has 1 fully saturated rings. The highest BCUT2D eigenvalue weighted by Gasteiger charge is 2.34. The SMILES string of the molecule is Cc1cccc(OCCC(=O)NCC2(O)CCC2)c1C. The van der Waals surface area contributed by atoms with Crippen molar-refractivity contribution in [2.45, 2.75) is 45.1 Å². The Morgan fingerprint density at radius 3 is 2.80 bits per heavy atom. The van der Waals surface area contributed by atoms with E-state index in [1.165, 1.54) is 5.56 Å². The Morgan fingerprint density at radius 1 is 1.40 bits per heavy atom. The number of aliphatic hydroxyl groups is 1. The van der Waals surface area contributed by atoms with E-state index >= 15 is 0 Å². The molecule has 0 bridgehead atoms. The van der Waals surface area contributed by atoms with Crippen molar-refractivity contribution in [1.82, 2.24) is 5.32 Å². The van der Waals surface area contributed by atoms with Crippen LogP contribution in [0.15, 0.2) is 18.2 Å². The predicted molar refractivity (Wildman–Crippen MR) is 77.8 cm³/mol. The summed E-state index contributed by atoms with van der Waals surface area (Å²) in [5, 5.41) is 12.7. The fourth-order valence-corrected chi connectivity index (χ4v) is 2.25. The van der Waals surface area contributed by atoms with Gasteiger partial charge in [0.25, 0.3) is 0 Å². The van der Waals surface area contributed by atoms with Gasteiger partial charge in [-0.2, -0.15) is 0 Å². The van der Waals surface area contributed by atoms with Gasteiger partial charge in [-0.05, 0) is 50.3 Å². The molecule has 0 unspecified atom stereocenters. The van der Waals surface area contributed by atoms with E-state index in [0.717, 1.165) is 30.6 Å². The standard InChI is InChI=1S/C16H23NO3/c1-12-5-3-6-14(13(12)2)20-10-7-15(18)17-11-16(19)8-4-9-16/h3,5-6,19H,4,7-11H2,1-2H3,(H,17,18). The second-order valence-electron chi connectivity index (χ2n) is 5.65. The molecule has 0 aliphatic heterocycles. The zero-order valence-electron chi connectivity index (χ0n) is 12.2. The second-order valence-corrected chi connectivity index (χ2v) is 5.65. The molecule has 2 rings (SSSR count). The van der Waals surface area contributed by atoms with E-state index in [-0.39, 0.29) is 5.91 Å². The van der Waals surface area contributed by atoms with Crippen molar-refractivity contribution in [1.29, 1.82) is 0 Å². The first-order chi connectivity index (χ1) is 9.50. The summed E-state index contributed by atoms with van der Waals surface area (Å²) in [5.41, 5.74) is 1.62. The molecule has 1 aliphatic rings. The minimum absolute atomic E-state index is 0.0735. The van der Waals surface area contributed by atoms with Crippen molar-refractivity contribution in [2.75, 3.05) is 13.2 Å². The van der Waals surface area contributed by atoms with Gasteiger partial charge >= 0.3 is 0 Å². The van der Waals surface area contributed by atoms with E-state index < -0.39 is 5.60 Å². The van der Waals surface area contributed by atoms with Crippen LogP contribution in [-0.4, -0.2) is 29.8 Å². The lowest BCUT2D eigenvalue weighted by Crippen LogP contribution is -2.47. The molecule has 2 N–H and O–H groups in total. The van der Waals surface area contributed by atoms with Crippen LogP contribution in [0.5, 0.6) is 5.75 Å².